The molecule has 0 radical (unpaired) electrons. The number of carbonyl (C=O) groups is 2. The van der Waals surface area contributed by atoms with Gasteiger partial charge in [-0.1, -0.05) is 36.9 Å². The summed E-state index contributed by atoms with van der Waals surface area (Å²) in [6.07, 6.45) is 5.62. The molecular weight excluding hydrogens is 357 g/mol. The first-order chi connectivity index (χ1) is 12.5. The number of hydrogen-bond acceptors (Lipinski definition) is 3. The Morgan fingerprint density at radius 1 is 1.31 bits per heavy atom. The molecule has 6 heteroatoms. The van der Waals surface area contributed by atoms with Crippen LogP contribution in [0.4, 0.5) is 4.39 Å². The van der Waals surface area contributed by atoms with E-state index < -0.39 is 23.6 Å². The van der Waals surface area contributed by atoms with Gasteiger partial charge in [-0.15, -0.1) is 0 Å². The second-order valence-corrected chi connectivity index (χ2v) is 7.61. The van der Waals surface area contributed by atoms with Crippen LogP contribution < -0.4 is 0 Å². The summed E-state index contributed by atoms with van der Waals surface area (Å²) in [6.45, 7) is 1.99. The second kappa shape index (κ2) is 8.30. The monoisotopic (exact) mass is 379 g/mol. The van der Waals surface area contributed by atoms with Gasteiger partial charge in [-0.2, -0.15) is 0 Å². The van der Waals surface area contributed by atoms with E-state index in [4.69, 9.17) is 16.3 Å². The zero-order chi connectivity index (χ0) is 18.7. The highest BCUT2D eigenvalue weighted by Crippen LogP contribution is 2.39. The topological polar surface area (TPSA) is 55.7 Å². The number of benzene rings is 1. The van der Waals surface area contributed by atoms with E-state index in [0.29, 0.717) is 18.2 Å². The van der Waals surface area contributed by atoms with E-state index in [1.807, 2.05) is 0 Å². The minimum absolute atomic E-state index is 0.0544. The predicted molar refractivity (Wildman–Crippen MR) is 97.9 cm³/mol. The molecule has 1 saturated carbocycles. The van der Waals surface area contributed by atoms with Gasteiger partial charge in [-0.25, -0.2) is 9.38 Å². The lowest BCUT2D eigenvalue weighted by molar-refractivity contribution is -0.148. The number of amides is 1. The zero-order valence-electron chi connectivity index (χ0n) is 14.8. The van der Waals surface area contributed by atoms with Crippen molar-refractivity contribution in [1.82, 2.24) is 0 Å². The van der Waals surface area contributed by atoms with Crippen molar-refractivity contribution in [1.29, 1.82) is 0 Å². The van der Waals surface area contributed by atoms with Crippen LogP contribution in [-0.2, 0) is 14.3 Å². The maximum atomic E-state index is 14.4. The highest BCUT2D eigenvalue weighted by atomic mass is 35.5. The van der Waals surface area contributed by atoms with E-state index in [2.05, 4.69) is 4.99 Å². The van der Waals surface area contributed by atoms with Crippen molar-refractivity contribution >= 4 is 29.2 Å². The van der Waals surface area contributed by atoms with Crippen molar-refractivity contribution < 1.29 is 18.7 Å². The first kappa shape index (κ1) is 19.0. The van der Waals surface area contributed by atoms with Crippen molar-refractivity contribution in [3.05, 3.63) is 34.6 Å². The van der Waals surface area contributed by atoms with Gasteiger partial charge in [-0.05, 0) is 37.8 Å². The minimum atomic E-state index is -0.786. The molecule has 2 unspecified atom stereocenters. The summed E-state index contributed by atoms with van der Waals surface area (Å²) in [4.78, 5) is 28.7. The normalized spacial score (nSPS) is 24.3. The third-order valence-electron chi connectivity index (χ3n) is 5.36. The molecule has 1 fully saturated rings. The maximum absolute atomic E-state index is 14.4. The van der Waals surface area contributed by atoms with Crippen molar-refractivity contribution in [3.63, 3.8) is 0 Å². The molecule has 0 N–H and O–H groups in total. The Balaban J connectivity index is 1.82. The first-order valence-corrected chi connectivity index (χ1v) is 9.53. The number of esters is 1. The SMILES string of the molecule is CC1=NC(=O)CC(c2c(F)cccc2Cl)C1C(=O)OCC1CCCCC1. The van der Waals surface area contributed by atoms with Crippen LogP contribution in [0.3, 0.4) is 0 Å². The van der Waals surface area contributed by atoms with Gasteiger partial charge in [0.05, 0.1) is 6.61 Å². The van der Waals surface area contributed by atoms with E-state index in [-0.39, 0.29) is 22.9 Å². The first-order valence-electron chi connectivity index (χ1n) is 9.16. The molecule has 1 aromatic rings. The highest BCUT2D eigenvalue weighted by Gasteiger charge is 2.40. The van der Waals surface area contributed by atoms with Crippen molar-refractivity contribution in [3.8, 4) is 0 Å². The Labute approximate surface area is 157 Å². The molecular formula is C20H23ClFNO3. The summed E-state index contributed by atoms with van der Waals surface area (Å²) in [7, 11) is 0. The van der Waals surface area contributed by atoms with Crippen LogP contribution in [0.5, 0.6) is 0 Å². The van der Waals surface area contributed by atoms with E-state index in [0.717, 1.165) is 25.7 Å². The molecule has 0 saturated heterocycles. The number of hydrogen-bond donors (Lipinski definition) is 0. The van der Waals surface area contributed by atoms with Gasteiger partial charge >= 0.3 is 5.97 Å². The van der Waals surface area contributed by atoms with Crippen LogP contribution in [0.25, 0.3) is 0 Å². The molecule has 2 atom stereocenters. The Morgan fingerprint density at radius 3 is 2.73 bits per heavy atom. The summed E-state index contributed by atoms with van der Waals surface area (Å²) in [5, 5.41) is 0.211. The second-order valence-electron chi connectivity index (χ2n) is 7.20. The van der Waals surface area contributed by atoms with Gasteiger partial charge in [0.15, 0.2) is 0 Å². The van der Waals surface area contributed by atoms with Gasteiger partial charge in [-0.3, -0.25) is 9.59 Å². The quantitative estimate of drug-likeness (QED) is 0.713. The third kappa shape index (κ3) is 4.14. The fraction of sp³-hybridized carbons (Fsp3) is 0.550. The van der Waals surface area contributed by atoms with Crippen molar-refractivity contribution in [2.24, 2.45) is 16.8 Å². The standard InChI is InChI=1S/C20H23ClFNO3/c1-12-18(20(25)26-11-13-6-3-2-4-7-13)14(10-17(24)23-12)19-15(21)8-5-9-16(19)22/h5,8-9,13-14,18H,2-4,6-7,10-11H2,1H3. The number of nitrogens with zero attached hydrogens (tertiary/aromatic N) is 1. The Morgan fingerprint density at radius 2 is 2.04 bits per heavy atom. The number of aliphatic imine (C=N–C) groups is 1. The van der Waals surface area contributed by atoms with Gasteiger partial charge < -0.3 is 4.74 Å². The molecule has 3 rings (SSSR count). The van der Waals surface area contributed by atoms with E-state index in [9.17, 15) is 14.0 Å². The number of ether oxygens (including phenoxy) is 1. The summed E-state index contributed by atoms with van der Waals surface area (Å²) >= 11 is 6.18. The van der Waals surface area contributed by atoms with Crippen LogP contribution in [0, 0.1) is 17.7 Å². The average molecular weight is 380 g/mol. The number of rotatable bonds is 4. The molecule has 4 nitrogen and oxygen atoms in total. The summed E-state index contributed by atoms with van der Waals surface area (Å²) in [5.41, 5.74) is 0.551. The van der Waals surface area contributed by atoms with Crippen molar-refractivity contribution in [2.75, 3.05) is 6.61 Å². The van der Waals surface area contributed by atoms with E-state index >= 15 is 0 Å². The van der Waals surface area contributed by atoms with Gasteiger partial charge in [0.25, 0.3) is 0 Å². The Hall–Kier alpha value is -1.75. The van der Waals surface area contributed by atoms with Crippen LogP contribution in [-0.4, -0.2) is 24.2 Å². The van der Waals surface area contributed by atoms with E-state index in [1.165, 1.54) is 18.6 Å². The van der Waals surface area contributed by atoms with E-state index in [1.54, 1.807) is 13.0 Å². The largest absolute Gasteiger partial charge is 0.465 e. The molecule has 0 bridgehead atoms. The van der Waals surface area contributed by atoms with Crippen molar-refractivity contribution in [2.45, 2.75) is 51.4 Å². The fourth-order valence-corrected chi connectivity index (χ4v) is 4.32. The number of carbonyl (C=O) groups excluding carboxylic acids is 2. The highest BCUT2D eigenvalue weighted by molar-refractivity contribution is 6.31. The third-order valence-corrected chi connectivity index (χ3v) is 5.69. The smallest absolute Gasteiger partial charge is 0.315 e. The lowest BCUT2D eigenvalue weighted by Gasteiger charge is -2.30. The maximum Gasteiger partial charge on any atom is 0.315 e. The van der Waals surface area contributed by atoms with Crippen LogP contribution in [0.15, 0.2) is 23.2 Å². The molecule has 1 amide bonds. The summed E-state index contributed by atoms with van der Waals surface area (Å²) in [6, 6.07) is 4.36. The molecule has 26 heavy (non-hydrogen) atoms. The summed E-state index contributed by atoms with van der Waals surface area (Å²) < 4.78 is 20.0. The minimum Gasteiger partial charge on any atom is -0.465 e. The molecule has 1 heterocycles. The molecule has 2 aliphatic rings. The Bertz CT molecular complexity index is 708. The molecule has 140 valence electrons. The van der Waals surface area contributed by atoms with Gasteiger partial charge in [0.2, 0.25) is 5.91 Å². The molecule has 1 aliphatic carbocycles. The zero-order valence-corrected chi connectivity index (χ0v) is 15.6. The lowest BCUT2D eigenvalue weighted by Crippen LogP contribution is -2.36. The van der Waals surface area contributed by atoms with Crippen LogP contribution >= 0.6 is 11.6 Å². The fourth-order valence-electron chi connectivity index (χ4n) is 4.02. The molecule has 0 spiro atoms. The Kier molecular flexibility index (Phi) is 6.07. The lowest BCUT2D eigenvalue weighted by atomic mass is 9.78. The molecule has 1 aliphatic heterocycles. The molecule has 0 aromatic heterocycles. The number of halogens is 2. The van der Waals surface area contributed by atoms with Crippen LogP contribution in [0.1, 0.15) is 56.9 Å². The molecule has 1 aromatic carbocycles. The van der Waals surface area contributed by atoms with Crippen LogP contribution in [0.2, 0.25) is 5.02 Å². The predicted octanol–water partition coefficient (Wildman–Crippen LogP) is 4.69. The summed E-state index contributed by atoms with van der Waals surface area (Å²) in [5.74, 6) is -2.43. The average Bonchev–Trinajstić information content (AvgIpc) is 2.60. The van der Waals surface area contributed by atoms with Gasteiger partial charge in [0, 0.05) is 28.6 Å². The van der Waals surface area contributed by atoms with Gasteiger partial charge in [0.1, 0.15) is 11.7 Å².